The van der Waals surface area contributed by atoms with Crippen LogP contribution in [-0.2, 0) is 11.2 Å². The van der Waals surface area contributed by atoms with E-state index in [4.69, 9.17) is 9.47 Å². The molecular weight excluding hydrogens is 358 g/mol. The average Bonchev–Trinajstić information content (AvgIpc) is 2.55. The van der Waals surface area contributed by atoms with Crippen molar-refractivity contribution in [1.29, 1.82) is 0 Å². The lowest BCUT2D eigenvalue weighted by Gasteiger charge is -2.14. The topological polar surface area (TPSA) is 47.6 Å². The normalized spacial score (nSPS) is 15.8. The lowest BCUT2D eigenvalue weighted by Crippen LogP contribution is -2.28. The van der Waals surface area contributed by atoms with Gasteiger partial charge in [0.1, 0.15) is 12.4 Å². The summed E-state index contributed by atoms with van der Waals surface area (Å²) in [5, 5.41) is 2.86. The first-order valence-corrected chi connectivity index (χ1v) is 8.38. The molecule has 0 atom stereocenters. The molecule has 3 rings (SSSR count). The van der Waals surface area contributed by atoms with Gasteiger partial charge < -0.3 is 14.8 Å². The fraction of sp³-hybridized carbons (Fsp3) is 0.278. The van der Waals surface area contributed by atoms with Gasteiger partial charge in [-0.05, 0) is 41.5 Å². The Kier molecular flexibility index (Phi) is 5.31. The summed E-state index contributed by atoms with van der Waals surface area (Å²) in [4.78, 5) is 12.1. The Morgan fingerprint density at radius 2 is 1.96 bits per heavy atom. The maximum absolute atomic E-state index is 12.1. The van der Waals surface area contributed by atoms with Crippen molar-refractivity contribution in [3.05, 3.63) is 63.6 Å². The maximum atomic E-state index is 12.1. The van der Waals surface area contributed by atoms with E-state index in [-0.39, 0.29) is 5.91 Å². The Labute approximate surface area is 143 Å². The quantitative estimate of drug-likeness (QED) is 0.769. The third-order valence-corrected chi connectivity index (χ3v) is 4.12. The molecule has 0 fully saturated rings. The average molecular weight is 376 g/mol. The van der Waals surface area contributed by atoms with Crippen LogP contribution in [-0.4, -0.2) is 32.3 Å². The second-order valence-electron chi connectivity index (χ2n) is 5.35. The fourth-order valence-electron chi connectivity index (χ4n) is 2.52. The molecule has 2 aromatic carbocycles. The third kappa shape index (κ3) is 4.33. The van der Waals surface area contributed by atoms with Crippen LogP contribution in [0.4, 0.5) is 0 Å². The van der Waals surface area contributed by atoms with Crippen molar-refractivity contribution in [2.24, 2.45) is 0 Å². The molecule has 2 aromatic rings. The van der Waals surface area contributed by atoms with Crippen LogP contribution in [0.5, 0.6) is 5.75 Å². The molecule has 1 heterocycles. The van der Waals surface area contributed by atoms with Gasteiger partial charge >= 0.3 is 0 Å². The van der Waals surface area contributed by atoms with Crippen LogP contribution in [0.15, 0.2) is 46.9 Å². The summed E-state index contributed by atoms with van der Waals surface area (Å²) in [6.45, 7) is 1.95. The summed E-state index contributed by atoms with van der Waals surface area (Å²) in [6.07, 6.45) is 0.705. The second kappa shape index (κ2) is 7.62. The molecule has 4 nitrogen and oxygen atoms in total. The molecule has 2 bridgehead atoms. The van der Waals surface area contributed by atoms with Crippen molar-refractivity contribution in [3.8, 4) is 5.75 Å². The fourth-order valence-corrected chi connectivity index (χ4v) is 2.93. The predicted octanol–water partition coefficient (Wildman–Crippen LogP) is 3.18. The highest BCUT2D eigenvalue weighted by Crippen LogP contribution is 2.26. The molecule has 0 radical (unpaired) electrons. The van der Waals surface area contributed by atoms with Gasteiger partial charge in [0.05, 0.1) is 13.2 Å². The molecule has 23 heavy (non-hydrogen) atoms. The largest absolute Gasteiger partial charge is 0.491 e. The molecule has 120 valence electrons. The zero-order chi connectivity index (χ0) is 16.1. The Balaban J connectivity index is 1.93. The Hall–Kier alpha value is -1.85. The van der Waals surface area contributed by atoms with E-state index in [0.29, 0.717) is 38.3 Å². The lowest BCUT2D eigenvalue weighted by atomic mass is 10.0. The summed E-state index contributed by atoms with van der Waals surface area (Å²) >= 11 is 3.51. The van der Waals surface area contributed by atoms with Crippen molar-refractivity contribution in [3.63, 3.8) is 0 Å². The van der Waals surface area contributed by atoms with Gasteiger partial charge in [0.15, 0.2) is 0 Å². The standard InChI is InChI=1S/C18H18BrNO3/c19-16-4-5-17-15(12-16)11-13-2-1-3-14(10-13)18(21)20-6-7-22-8-9-23-17/h1-5,10,12H,6-9,11H2,(H,20,21). The Morgan fingerprint density at radius 1 is 1.04 bits per heavy atom. The summed E-state index contributed by atoms with van der Waals surface area (Å²) in [7, 11) is 0. The van der Waals surface area contributed by atoms with Gasteiger partial charge in [0.2, 0.25) is 0 Å². The zero-order valence-electron chi connectivity index (χ0n) is 12.7. The van der Waals surface area contributed by atoms with E-state index < -0.39 is 0 Å². The number of rotatable bonds is 0. The number of nitrogens with one attached hydrogen (secondary N) is 1. The molecule has 1 amide bonds. The van der Waals surface area contributed by atoms with E-state index in [1.807, 2.05) is 36.4 Å². The highest BCUT2D eigenvalue weighted by atomic mass is 79.9. The molecule has 0 aliphatic carbocycles. The van der Waals surface area contributed by atoms with E-state index in [0.717, 1.165) is 21.3 Å². The van der Waals surface area contributed by atoms with Crippen molar-refractivity contribution in [2.75, 3.05) is 26.4 Å². The van der Waals surface area contributed by atoms with Gasteiger partial charge in [-0.2, -0.15) is 0 Å². The van der Waals surface area contributed by atoms with Gasteiger partial charge in [-0.15, -0.1) is 0 Å². The number of benzene rings is 2. The van der Waals surface area contributed by atoms with Gasteiger partial charge in [-0.25, -0.2) is 0 Å². The van der Waals surface area contributed by atoms with Gasteiger partial charge in [0, 0.05) is 23.0 Å². The van der Waals surface area contributed by atoms with Crippen LogP contribution in [0.3, 0.4) is 0 Å². The highest BCUT2D eigenvalue weighted by molar-refractivity contribution is 9.10. The van der Waals surface area contributed by atoms with Gasteiger partial charge in [-0.3, -0.25) is 4.79 Å². The number of hydrogen-bond donors (Lipinski definition) is 1. The van der Waals surface area contributed by atoms with Crippen LogP contribution < -0.4 is 10.1 Å². The van der Waals surface area contributed by atoms with Crippen molar-refractivity contribution in [2.45, 2.75) is 6.42 Å². The minimum absolute atomic E-state index is 0.0711. The summed E-state index contributed by atoms with van der Waals surface area (Å²) in [5.41, 5.74) is 2.82. The third-order valence-electron chi connectivity index (χ3n) is 3.62. The second-order valence-corrected chi connectivity index (χ2v) is 6.26. The molecule has 0 saturated heterocycles. The van der Waals surface area contributed by atoms with Crippen LogP contribution >= 0.6 is 15.9 Å². The molecule has 0 unspecified atom stereocenters. The summed E-state index contributed by atoms with van der Waals surface area (Å²) in [5.74, 6) is 0.780. The molecule has 5 heteroatoms. The van der Waals surface area contributed by atoms with E-state index in [1.54, 1.807) is 0 Å². The van der Waals surface area contributed by atoms with E-state index in [9.17, 15) is 4.79 Å². The van der Waals surface area contributed by atoms with Gasteiger partial charge in [-0.1, -0.05) is 28.1 Å². The SMILES string of the molecule is O=C1NCCOCCOc2ccc(Br)cc2Cc2cccc1c2. The van der Waals surface area contributed by atoms with Crippen molar-refractivity contribution in [1.82, 2.24) is 5.32 Å². The zero-order valence-corrected chi connectivity index (χ0v) is 14.3. The molecule has 1 aliphatic rings. The van der Waals surface area contributed by atoms with E-state index in [2.05, 4.69) is 27.3 Å². The number of carbonyl (C=O) groups is 1. The predicted molar refractivity (Wildman–Crippen MR) is 92.0 cm³/mol. The van der Waals surface area contributed by atoms with E-state index in [1.165, 1.54) is 0 Å². The monoisotopic (exact) mass is 375 g/mol. The first kappa shape index (κ1) is 16.0. The molecule has 1 aliphatic heterocycles. The molecular formula is C18H18BrNO3. The minimum Gasteiger partial charge on any atom is -0.491 e. The van der Waals surface area contributed by atoms with Crippen LogP contribution in [0, 0.1) is 0 Å². The van der Waals surface area contributed by atoms with Gasteiger partial charge in [0.25, 0.3) is 5.91 Å². The minimum atomic E-state index is -0.0711. The number of fused-ring (bicyclic) bond motifs is 3. The first-order valence-electron chi connectivity index (χ1n) is 7.58. The first-order chi connectivity index (χ1) is 11.2. The number of amides is 1. The van der Waals surface area contributed by atoms with Crippen LogP contribution in [0.1, 0.15) is 21.5 Å². The molecule has 1 N–H and O–H groups in total. The van der Waals surface area contributed by atoms with Crippen molar-refractivity contribution >= 4 is 21.8 Å². The molecule has 0 spiro atoms. The number of halogens is 1. The van der Waals surface area contributed by atoms with Crippen LogP contribution in [0.2, 0.25) is 0 Å². The molecule has 0 saturated carbocycles. The smallest absolute Gasteiger partial charge is 0.251 e. The molecule has 0 aromatic heterocycles. The Bertz CT molecular complexity index is 702. The summed E-state index contributed by atoms with van der Waals surface area (Å²) < 4.78 is 12.3. The van der Waals surface area contributed by atoms with Crippen molar-refractivity contribution < 1.29 is 14.3 Å². The summed E-state index contributed by atoms with van der Waals surface area (Å²) in [6, 6.07) is 13.7. The Morgan fingerprint density at radius 3 is 2.87 bits per heavy atom. The maximum Gasteiger partial charge on any atom is 0.251 e. The van der Waals surface area contributed by atoms with Crippen LogP contribution in [0.25, 0.3) is 0 Å². The van der Waals surface area contributed by atoms with E-state index >= 15 is 0 Å². The number of hydrogen-bond acceptors (Lipinski definition) is 3. The lowest BCUT2D eigenvalue weighted by molar-refractivity contribution is 0.0865. The number of carbonyl (C=O) groups excluding carboxylic acids is 1. The number of ether oxygens (including phenoxy) is 2. The highest BCUT2D eigenvalue weighted by Gasteiger charge is 2.10.